The SMILES string of the molecule is CCOc1cccc([C@@H]2C[C@H]2NC(=O)N2CCCC(C(=O)O)C2)c1. The number of hydrogen-bond donors (Lipinski definition) is 2. The highest BCUT2D eigenvalue weighted by atomic mass is 16.5. The number of nitrogens with zero attached hydrogens (tertiary/aromatic N) is 1. The third kappa shape index (κ3) is 3.80. The highest BCUT2D eigenvalue weighted by molar-refractivity contribution is 5.77. The van der Waals surface area contributed by atoms with Crippen LogP contribution in [0.4, 0.5) is 4.79 Å². The fourth-order valence-corrected chi connectivity index (χ4v) is 3.34. The molecule has 1 aromatic carbocycles. The van der Waals surface area contributed by atoms with Gasteiger partial charge in [0.05, 0.1) is 12.5 Å². The molecule has 3 atom stereocenters. The van der Waals surface area contributed by atoms with Gasteiger partial charge in [-0.2, -0.15) is 0 Å². The smallest absolute Gasteiger partial charge is 0.317 e. The Morgan fingerprint density at radius 2 is 2.25 bits per heavy atom. The number of carbonyl (C=O) groups excluding carboxylic acids is 1. The normalized spacial score (nSPS) is 25.9. The summed E-state index contributed by atoms with van der Waals surface area (Å²) in [6.07, 6.45) is 2.31. The van der Waals surface area contributed by atoms with E-state index in [0.717, 1.165) is 18.6 Å². The molecule has 2 N–H and O–H groups in total. The number of nitrogens with one attached hydrogen (secondary N) is 1. The lowest BCUT2D eigenvalue weighted by Crippen LogP contribution is -2.47. The zero-order valence-electron chi connectivity index (χ0n) is 13.9. The van der Waals surface area contributed by atoms with E-state index in [1.54, 1.807) is 4.90 Å². The minimum atomic E-state index is -0.815. The molecule has 2 amide bonds. The first-order valence-electron chi connectivity index (χ1n) is 8.59. The summed E-state index contributed by atoms with van der Waals surface area (Å²) in [7, 11) is 0. The third-order valence-corrected chi connectivity index (χ3v) is 4.75. The van der Waals surface area contributed by atoms with Crippen molar-refractivity contribution in [1.82, 2.24) is 10.2 Å². The monoisotopic (exact) mass is 332 g/mol. The van der Waals surface area contributed by atoms with Crippen molar-refractivity contribution in [3.8, 4) is 5.75 Å². The summed E-state index contributed by atoms with van der Waals surface area (Å²) in [4.78, 5) is 25.1. The second kappa shape index (κ2) is 7.11. The van der Waals surface area contributed by atoms with Crippen LogP contribution in [0, 0.1) is 5.92 Å². The van der Waals surface area contributed by atoms with Crippen LogP contribution in [-0.2, 0) is 4.79 Å². The minimum Gasteiger partial charge on any atom is -0.494 e. The molecular weight excluding hydrogens is 308 g/mol. The molecule has 0 bridgehead atoms. The summed E-state index contributed by atoms with van der Waals surface area (Å²) < 4.78 is 5.52. The van der Waals surface area contributed by atoms with Crippen LogP contribution in [-0.4, -0.2) is 47.7 Å². The van der Waals surface area contributed by atoms with Crippen LogP contribution in [0.1, 0.15) is 37.7 Å². The van der Waals surface area contributed by atoms with Gasteiger partial charge in [0.25, 0.3) is 0 Å². The second-order valence-corrected chi connectivity index (χ2v) is 6.53. The lowest BCUT2D eigenvalue weighted by Gasteiger charge is -2.30. The number of carboxylic acid groups (broad SMARTS) is 1. The first-order valence-corrected chi connectivity index (χ1v) is 8.59. The number of rotatable bonds is 5. The van der Waals surface area contributed by atoms with E-state index < -0.39 is 11.9 Å². The van der Waals surface area contributed by atoms with Crippen LogP contribution >= 0.6 is 0 Å². The van der Waals surface area contributed by atoms with E-state index in [4.69, 9.17) is 9.84 Å². The molecule has 3 rings (SSSR count). The Balaban J connectivity index is 1.53. The van der Waals surface area contributed by atoms with Gasteiger partial charge in [-0.1, -0.05) is 12.1 Å². The van der Waals surface area contributed by atoms with E-state index in [1.165, 1.54) is 5.56 Å². The Bertz CT molecular complexity index is 619. The van der Waals surface area contributed by atoms with Crippen LogP contribution in [0.5, 0.6) is 5.75 Å². The minimum absolute atomic E-state index is 0.125. The van der Waals surface area contributed by atoms with Crippen LogP contribution in [0.25, 0.3) is 0 Å². The van der Waals surface area contributed by atoms with Crippen molar-refractivity contribution in [2.75, 3.05) is 19.7 Å². The molecule has 1 heterocycles. The lowest BCUT2D eigenvalue weighted by molar-refractivity contribution is -0.143. The van der Waals surface area contributed by atoms with Crippen LogP contribution < -0.4 is 10.1 Å². The van der Waals surface area contributed by atoms with Crippen molar-refractivity contribution >= 4 is 12.0 Å². The second-order valence-electron chi connectivity index (χ2n) is 6.53. The van der Waals surface area contributed by atoms with Crippen LogP contribution in [0.3, 0.4) is 0 Å². The fraction of sp³-hybridized carbons (Fsp3) is 0.556. The Labute approximate surface area is 141 Å². The van der Waals surface area contributed by atoms with E-state index in [9.17, 15) is 9.59 Å². The first-order chi connectivity index (χ1) is 11.6. The lowest BCUT2D eigenvalue weighted by atomic mass is 9.99. The maximum atomic E-state index is 12.4. The molecule has 1 aliphatic heterocycles. The molecule has 1 aromatic rings. The molecule has 2 fully saturated rings. The number of aliphatic carboxylic acids is 1. The maximum absolute atomic E-state index is 12.4. The molecule has 1 saturated heterocycles. The molecule has 1 aliphatic carbocycles. The van der Waals surface area contributed by atoms with Gasteiger partial charge in [-0.3, -0.25) is 4.79 Å². The Hall–Kier alpha value is -2.24. The summed E-state index contributed by atoms with van der Waals surface area (Å²) in [5, 5.41) is 12.2. The van der Waals surface area contributed by atoms with Crippen molar-refractivity contribution in [1.29, 1.82) is 0 Å². The first kappa shape index (κ1) is 16.6. The number of carbonyl (C=O) groups is 2. The molecule has 0 aromatic heterocycles. The van der Waals surface area contributed by atoms with Crippen molar-refractivity contribution < 1.29 is 19.4 Å². The van der Waals surface area contributed by atoms with Gasteiger partial charge in [-0.05, 0) is 43.9 Å². The van der Waals surface area contributed by atoms with E-state index in [0.29, 0.717) is 32.0 Å². The maximum Gasteiger partial charge on any atom is 0.317 e. The van der Waals surface area contributed by atoms with Crippen molar-refractivity contribution in [3.63, 3.8) is 0 Å². The van der Waals surface area contributed by atoms with E-state index in [-0.39, 0.29) is 12.1 Å². The van der Waals surface area contributed by atoms with Gasteiger partial charge in [0.15, 0.2) is 0 Å². The predicted molar refractivity (Wildman–Crippen MR) is 89.2 cm³/mol. The summed E-state index contributed by atoms with van der Waals surface area (Å²) in [6.45, 7) is 3.52. The number of carboxylic acids is 1. The molecule has 24 heavy (non-hydrogen) atoms. The summed E-state index contributed by atoms with van der Waals surface area (Å²) in [5.74, 6) is -0.0892. The largest absolute Gasteiger partial charge is 0.494 e. The highest BCUT2D eigenvalue weighted by Crippen LogP contribution is 2.41. The van der Waals surface area contributed by atoms with Crippen molar-refractivity contribution in [3.05, 3.63) is 29.8 Å². The van der Waals surface area contributed by atoms with Gasteiger partial charge in [-0.25, -0.2) is 4.79 Å². The Kier molecular flexibility index (Phi) is 4.92. The van der Waals surface area contributed by atoms with Gasteiger partial charge in [0.1, 0.15) is 5.75 Å². The standard InChI is InChI=1S/C18H24N2O4/c1-2-24-14-7-3-5-12(9-14)15-10-16(15)19-18(23)20-8-4-6-13(11-20)17(21)22/h3,5,7,9,13,15-16H,2,4,6,8,10-11H2,1H3,(H,19,23)(H,21,22)/t13?,15-,16+/m0/s1. The van der Waals surface area contributed by atoms with Gasteiger partial charge < -0.3 is 20.1 Å². The average molecular weight is 332 g/mol. The summed E-state index contributed by atoms with van der Waals surface area (Å²) >= 11 is 0. The summed E-state index contributed by atoms with van der Waals surface area (Å²) in [6, 6.07) is 7.97. The van der Waals surface area contributed by atoms with Crippen LogP contribution in [0.2, 0.25) is 0 Å². The number of likely N-dealkylation sites (tertiary alicyclic amines) is 1. The molecule has 0 spiro atoms. The fourth-order valence-electron chi connectivity index (χ4n) is 3.34. The summed E-state index contributed by atoms with van der Waals surface area (Å²) in [5.41, 5.74) is 1.17. The quantitative estimate of drug-likeness (QED) is 0.868. The van der Waals surface area contributed by atoms with Crippen LogP contribution in [0.15, 0.2) is 24.3 Å². The topological polar surface area (TPSA) is 78.9 Å². The van der Waals surface area contributed by atoms with Gasteiger partial charge in [-0.15, -0.1) is 0 Å². The molecule has 2 aliphatic rings. The number of hydrogen-bond acceptors (Lipinski definition) is 3. The molecule has 6 nitrogen and oxygen atoms in total. The Morgan fingerprint density at radius 1 is 1.42 bits per heavy atom. The van der Waals surface area contributed by atoms with Gasteiger partial charge in [0, 0.05) is 25.0 Å². The molecule has 130 valence electrons. The molecule has 6 heteroatoms. The van der Waals surface area contributed by atoms with E-state index >= 15 is 0 Å². The number of amides is 2. The Morgan fingerprint density at radius 3 is 3.00 bits per heavy atom. The number of benzene rings is 1. The average Bonchev–Trinajstić information content (AvgIpc) is 3.35. The van der Waals surface area contributed by atoms with E-state index in [1.807, 2.05) is 25.1 Å². The molecular formula is C18H24N2O4. The van der Waals surface area contributed by atoms with Crippen molar-refractivity contribution in [2.24, 2.45) is 5.92 Å². The predicted octanol–water partition coefficient (Wildman–Crippen LogP) is 2.45. The van der Waals surface area contributed by atoms with E-state index in [2.05, 4.69) is 11.4 Å². The number of ether oxygens (including phenoxy) is 1. The zero-order chi connectivity index (χ0) is 17.1. The number of piperidine rings is 1. The molecule has 1 saturated carbocycles. The highest BCUT2D eigenvalue weighted by Gasteiger charge is 2.41. The number of urea groups is 1. The molecule has 1 unspecified atom stereocenters. The zero-order valence-corrected chi connectivity index (χ0v) is 13.9. The van der Waals surface area contributed by atoms with Crippen molar-refractivity contribution in [2.45, 2.75) is 38.1 Å². The molecule has 0 radical (unpaired) electrons. The third-order valence-electron chi connectivity index (χ3n) is 4.75. The van der Waals surface area contributed by atoms with Gasteiger partial charge in [0.2, 0.25) is 0 Å². The van der Waals surface area contributed by atoms with Gasteiger partial charge >= 0.3 is 12.0 Å².